The van der Waals surface area contributed by atoms with Gasteiger partial charge in [-0.15, -0.1) is 0 Å². The highest BCUT2D eigenvalue weighted by molar-refractivity contribution is 14.1. The zero-order valence-electron chi connectivity index (χ0n) is 10.8. The van der Waals surface area contributed by atoms with Crippen molar-refractivity contribution in [1.82, 2.24) is 4.98 Å². The molecule has 92 valence electrons. The minimum atomic E-state index is 0.351. The van der Waals surface area contributed by atoms with Gasteiger partial charge in [-0.05, 0) is 41.5 Å². The summed E-state index contributed by atoms with van der Waals surface area (Å²) in [5, 5.41) is 0. The highest BCUT2D eigenvalue weighted by atomic mass is 127. The van der Waals surface area contributed by atoms with Crippen LogP contribution in [0, 0.1) is 3.57 Å². The van der Waals surface area contributed by atoms with Crippen LogP contribution in [-0.2, 0) is 5.41 Å². The van der Waals surface area contributed by atoms with E-state index < -0.39 is 0 Å². The molecule has 0 aliphatic rings. The van der Waals surface area contributed by atoms with Crippen LogP contribution in [0.2, 0.25) is 0 Å². The fraction of sp³-hybridized carbons (Fsp3) is 0.714. The molecule has 1 N–H and O–H groups in total. The third kappa shape index (κ3) is 3.51. The first-order chi connectivity index (χ1) is 7.64. The smallest absolute Gasteiger partial charge is 0.0343 e. The second kappa shape index (κ2) is 6.67. The molecule has 1 atom stereocenters. The Morgan fingerprint density at radius 3 is 2.44 bits per heavy atom. The molecule has 0 saturated carbocycles. The molecular weight excluding hydrogens is 309 g/mol. The van der Waals surface area contributed by atoms with Gasteiger partial charge in [-0.2, -0.15) is 0 Å². The minimum absolute atomic E-state index is 0.351. The van der Waals surface area contributed by atoms with Crippen LogP contribution in [0.25, 0.3) is 0 Å². The Kier molecular flexibility index (Phi) is 5.87. The lowest BCUT2D eigenvalue weighted by atomic mass is 9.78. The maximum Gasteiger partial charge on any atom is 0.0343 e. The van der Waals surface area contributed by atoms with Crippen LogP contribution in [0.3, 0.4) is 0 Å². The van der Waals surface area contributed by atoms with Gasteiger partial charge >= 0.3 is 0 Å². The summed E-state index contributed by atoms with van der Waals surface area (Å²) in [6, 6.07) is 2.18. The van der Waals surface area contributed by atoms with Crippen molar-refractivity contribution in [3.05, 3.63) is 21.5 Å². The number of aromatic amines is 1. The van der Waals surface area contributed by atoms with Crippen molar-refractivity contribution in [3.8, 4) is 0 Å². The summed E-state index contributed by atoms with van der Waals surface area (Å²) in [5.41, 5.74) is 1.80. The summed E-state index contributed by atoms with van der Waals surface area (Å²) >= 11 is 2.45. The first-order valence-electron chi connectivity index (χ1n) is 6.47. The molecule has 1 aromatic rings. The number of unbranched alkanes of at least 4 members (excludes halogenated alkanes) is 2. The Labute approximate surface area is 114 Å². The Morgan fingerprint density at radius 1 is 1.19 bits per heavy atom. The van der Waals surface area contributed by atoms with Gasteiger partial charge in [0.05, 0.1) is 0 Å². The summed E-state index contributed by atoms with van der Waals surface area (Å²) in [6.45, 7) is 6.98. The molecule has 0 aliphatic carbocycles. The number of rotatable bonds is 7. The van der Waals surface area contributed by atoms with Crippen LogP contribution < -0.4 is 0 Å². The lowest BCUT2D eigenvalue weighted by Gasteiger charge is -2.29. The van der Waals surface area contributed by atoms with Crippen LogP contribution in [0.4, 0.5) is 0 Å². The molecular formula is C14H24IN. The summed E-state index contributed by atoms with van der Waals surface area (Å²) < 4.78 is 1.39. The monoisotopic (exact) mass is 333 g/mol. The van der Waals surface area contributed by atoms with E-state index in [0.717, 1.165) is 0 Å². The third-order valence-corrected chi connectivity index (χ3v) is 4.33. The Balaban J connectivity index is 2.75. The summed E-state index contributed by atoms with van der Waals surface area (Å²) in [6.07, 6.45) is 9.95. The number of nitrogens with one attached hydrogen (secondary N) is 1. The molecule has 1 unspecified atom stereocenters. The lowest BCUT2D eigenvalue weighted by Crippen LogP contribution is -2.23. The summed E-state index contributed by atoms with van der Waals surface area (Å²) in [7, 11) is 0. The first kappa shape index (κ1) is 14.1. The van der Waals surface area contributed by atoms with Gasteiger partial charge in [0.25, 0.3) is 0 Å². The lowest BCUT2D eigenvalue weighted by molar-refractivity contribution is 0.369. The van der Waals surface area contributed by atoms with E-state index >= 15 is 0 Å². The molecule has 1 nitrogen and oxygen atoms in total. The second-order valence-corrected chi connectivity index (χ2v) is 6.13. The average molecular weight is 333 g/mol. The zero-order chi connectivity index (χ0) is 12.0. The van der Waals surface area contributed by atoms with Gasteiger partial charge in [0.1, 0.15) is 0 Å². The van der Waals surface area contributed by atoms with E-state index in [1.165, 1.54) is 47.8 Å². The minimum Gasteiger partial charge on any atom is -0.364 e. The molecule has 16 heavy (non-hydrogen) atoms. The largest absolute Gasteiger partial charge is 0.364 e. The number of aromatic nitrogens is 1. The molecule has 1 aromatic heterocycles. The second-order valence-electron chi connectivity index (χ2n) is 4.97. The number of hydrogen-bond acceptors (Lipinski definition) is 0. The van der Waals surface area contributed by atoms with Crippen LogP contribution in [0.15, 0.2) is 12.3 Å². The van der Waals surface area contributed by atoms with Crippen molar-refractivity contribution in [2.75, 3.05) is 0 Å². The molecule has 2 heteroatoms. The average Bonchev–Trinajstić information content (AvgIpc) is 2.66. The molecule has 0 amide bonds. The van der Waals surface area contributed by atoms with Crippen LogP contribution >= 0.6 is 22.6 Å². The molecule has 0 radical (unpaired) electrons. The maximum atomic E-state index is 3.45. The van der Waals surface area contributed by atoms with Crippen LogP contribution in [0.1, 0.15) is 65.0 Å². The third-order valence-electron chi connectivity index (χ3n) is 3.43. The van der Waals surface area contributed by atoms with E-state index in [1.807, 2.05) is 0 Å². The number of H-pyrrole nitrogens is 1. The van der Waals surface area contributed by atoms with Crippen LogP contribution in [-0.4, -0.2) is 4.98 Å². The Bertz CT molecular complexity index is 305. The molecule has 0 bridgehead atoms. The normalized spacial score (nSPS) is 15.0. The van der Waals surface area contributed by atoms with Gasteiger partial charge in [0, 0.05) is 20.9 Å². The molecule has 0 saturated heterocycles. The van der Waals surface area contributed by atoms with E-state index in [2.05, 4.69) is 60.6 Å². The molecule has 1 rings (SSSR count). The SMILES string of the molecule is CCCCCC(C)(CCC)c1[nH]ccc1I. The molecule has 0 aromatic carbocycles. The Morgan fingerprint density at radius 2 is 1.94 bits per heavy atom. The van der Waals surface area contributed by atoms with Gasteiger partial charge in [0.2, 0.25) is 0 Å². The van der Waals surface area contributed by atoms with Gasteiger partial charge in [-0.3, -0.25) is 0 Å². The van der Waals surface area contributed by atoms with E-state index in [-0.39, 0.29) is 0 Å². The van der Waals surface area contributed by atoms with Crippen molar-refractivity contribution in [1.29, 1.82) is 0 Å². The summed E-state index contributed by atoms with van der Waals surface area (Å²) in [4.78, 5) is 3.45. The van der Waals surface area contributed by atoms with Gasteiger partial charge < -0.3 is 4.98 Å². The first-order valence-corrected chi connectivity index (χ1v) is 7.55. The van der Waals surface area contributed by atoms with Crippen molar-refractivity contribution in [2.45, 2.75) is 64.7 Å². The molecule has 0 spiro atoms. The molecule has 0 fully saturated rings. The standard InChI is InChI=1S/C14H24IN/c1-4-6-7-10-14(3,9-5-2)13-12(15)8-11-16-13/h8,11,16H,4-7,9-10H2,1-3H3. The maximum absolute atomic E-state index is 3.45. The van der Waals surface area contributed by atoms with Crippen molar-refractivity contribution in [2.24, 2.45) is 0 Å². The fourth-order valence-corrected chi connectivity index (χ4v) is 3.49. The quantitative estimate of drug-likeness (QED) is 0.518. The highest BCUT2D eigenvalue weighted by Gasteiger charge is 2.28. The van der Waals surface area contributed by atoms with Gasteiger partial charge in [-0.1, -0.05) is 46.5 Å². The van der Waals surface area contributed by atoms with Gasteiger partial charge in [-0.25, -0.2) is 0 Å². The van der Waals surface area contributed by atoms with E-state index in [9.17, 15) is 0 Å². The predicted octanol–water partition coefficient (Wildman–Crippen LogP) is 5.26. The molecule has 1 heterocycles. The van der Waals surface area contributed by atoms with Crippen molar-refractivity contribution < 1.29 is 0 Å². The molecule has 0 aliphatic heterocycles. The fourth-order valence-electron chi connectivity index (χ4n) is 2.50. The number of halogens is 1. The number of hydrogen-bond donors (Lipinski definition) is 1. The predicted molar refractivity (Wildman–Crippen MR) is 79.9 cm³/mol. The van der Waals surface area contributed by atoms with Gasteiger partial charge in [0.15, 0.2) is 0 Å². The highest BCUT2D eigenvalue weighted by Crippen LogP contribution is 2.36. The topological polar surface area (TPSA) is 15.8 Å². The summed E-state index contributed by atoms with van der Waals surface area (Å²) in [5.74, 6) is 0. The van der Waals surface area contributed by atoms with E-state index in [0.29, 0.717) is 5.41 Å². The van der Waals surface area contributed by atoms with Crippen LogP contribution in [0.5, 0.6) is 0 Å². The van der Waals surface area contributed by atoms with E-state index in [1.54, 1.807) is 0 Å². The zero-order valence-corrected chi connectivity index (χ0v) is 12.9. The van der Waals surface area contributed by atoms with Crippen molar-refractivity contribution in [3.63, 3.8) is 0 Å². The van der Waals surface area contributed by atoms with E-state index in [4.69, 9.17) is 0 Å². The Hall–Kier alpha value is 0.01000. The van der Waals surface area contributed by atoms with Crippen molar-refractivity contribution >= 4 is 22.6 Å².